The van der Waals surface area contributed by atoms with E-state index in [4.69, 9.17) is 19.4 Å². The zero-order valence-electron chi connectivity index (χ0n) is 23.9. The molecule has 6 rings (SSSR count). The minimum Gasteiger partial charge on any atom is -0.494 e. The molecule has 42 heavy (non-hydrogen) atoms. The maximum absolute atomic E-state index is 5.59. The molecule has 0 saturated heterocycles. The first-order chi connectivity index (χ1) is 20.3. The third-order valence-electron chi connectivity index (χ3n) is 7.45. The molecule has 2 aromatic heterocycles. The van der Waals surface area contributed by atoms with Gasteiger partial charge in [0.15, 0.2) is 0 Å². The molecule has 0 atom stereocenters. The molecule has 0 amide bonds. The van der Waals surface area contributed by atoms with Gasteiger partial charge in [-0.25, -0.2) is 9.97 Å². The van der Waals surface area contributed by atoms with Crippen LogP contribution >= 0.6 is 12.4 Å². The molecule has 216 valence electrons. The highest BCUT2D eigenvalue weighted by molar-refractivity contribution is 6.10. The van der Waals surface area contributed by atoms with Crippen LogP contribution in [0.3, 0.4) is 0 Å². The molecule has 0 radical (unpaired) electrons. The van der Waals surface area contributed by atoms with Crippen LogP contribution in [0.25, 0.3) is 43.6 Å². The second-order valence-corrected chi connectivity index (χ2v) is 10.0. The Morgan fingerprint density at radius 1 is 0.524 bits per heavy atom. The molecule has 0 aliphatic heterocycles. The number of ether oxygens (including phenoxy) is 2. The molecule has 0 fully saturated rings. The first-order valence-corrected chi connectivity index (χ1v) is 14.2. The molecule has 0 unspecified atom stereocenters. The molecule has 0 spiro atoms. The van der Waals surface area contributed by atoms with Crippen molar-refractivity contribution in [2.45, 2.75) is 12.8 Å². The average Bonchev–Trinajstić information content (AvgIpc) is 3.02. The molecule has 0 bridgehead atoms. The van der Waals surface area contributed by atoms with Crippen molar-refractivity contribution in [3.63, 3.8) is 0 Å². The summed E-state index contributed by atoms with van der Waals surface area (Å²) in [5.74, 6) is 1.58. The first-order valence-electron chi connectivity index (χ1n) is 14.2. The summed E-state index contributed by atoms with van der Waals surface area (Å²) in [7, 11) is 3.39. The van der Waals surface area contributed by atoms with Crippen LogP contribution < -0.4 is 25.4 Å². The lowest BCUT2D eigenvalue weighted by Gasteiger charge is -2.15. The molecule has 0 aliphatic rings. The van der Waals surface area contributed by atoms with Gasteiger partial charge in [-0.2, -0.15) is 0 Å². The van der Waals surface area contributed by atoms with E-state index < -0.39 is 0 Å². The molecule has 6 aromatic rings. The number of fused-ring (bicyclic) bond motifs is 4. The van der Waals surface area contributed by atoms with Crippen LogP contribution in [0, 0.1) is 0 Å². The zero-order chi connectivity index (χ0) is 28.0. The molecule has 4 aromatic carbocycles. The standard InChI is InChI=1S/C34H35N5O2.ClH/c1-40-29-17-7-13-25-31(23-11-3-5-15-27(23)38-33(25)29)36-21-9-19-35-20-10-22-37-32-24-12-4-6-16-28(24)39-34-26(32)14-8-18-30(34)41-2;/h3-8,11-18,35H,9-10,19-22H2,1-2H3,(H,36,38)(H,37,39);1H. The lowest BCUT2D eigenvalue weighted by Crippen LogP contribution is -2.21. The quantitative estimate of drug-likeness (QED) is 0.102. The lowest BCUT2D eigenvalue weighted by molar-refractivity contribution is 0.419. The number of nitrogens with zero attached hydrogens (tertiary/aromatic N) is 2. The fourth-order valence-electron chi connectivity index (χ4n) is 5.46. The van der Waals surface area contributed by atoms with Crippen LogP contribution in [0.5, 0.6) is 11.5 Å². The number of benzene rings is 4. The average molecular weight is 582 g/mol. The molecule has 7 nitrogen and oxygen atoms in total. The Hall–Kier alpha value is -4.33. The fourth-order valence-corrected chi connectivity index (χ4v) is 5.46. The highest BCUT2D eigenvalue weighted by atomic mass is 35.5. The van der Waals surface area contributed by atoms with E-state index in [9.17, 15) is 0 Å². The monoisotopic (exact) mass is 581 g/mol. The summed E-state index contributed by atoms with van der Waals surface area (Å²) < 4.78 is 11.2. The summed E-state index contributed by atoms with van der Waals surface area (Å²) in [5.41, 5.74) is 5.92. The number of halogens is 1. The minimum absolute atomic E-state index is 0. The van der Waals surface area contributed by atoms with Gasteiger partial charge in [0.2, 0.25) is 0 Å². The maximum atomic E-state index is 5.59. The third kappa shape index (κ3) is 5.84. The Bertz CT molecular complexity index is 1690. The van der Waals surface area contributed by atoms with Crippen LogP contribution in [0.2, 0.25) is 0 Å². The van der Waals surface area contributed by atoms with Crippen LogP contribution in [-0.4, -0.2) is 50.4 Å². The van der Waals surface area contributed by atoms with E-state index >= 15 is 0 Å². The van der Waals surface area contributed by atoms with E-state index in [0.717, 1.165) is 106 Å². The summed E-state index contributed by atoms with van der Waals surface area (Å²) in [6.07, 6.45) is 2.02. The molecule has 2 heterocycles. The number of methoxy groups -OCH3 is 2. The second-order valence-electron chi connectivity index (χ2n) is 10.0. The number of rotatable bonds is 12. The van der Waals surface area contributed by atoms with Gasteiger partial charge in [-0.05, 0) is 50.2 Å². The van der Waals surface area contributed by atoms with Crippen LogP contribution in [-0.2, 0) is 0 Å². The maximum Gasteiger partial charge on any atom is 0.145 e. The van der Waals surface area contributed by atoms with Crippen LogP contribution in [0.1, 0.15) is 12.8 Å². The van der Waals surface area contributed by atoms with Gasteiger partial charge in [-0.15, -0.1) is 12.4 Å². The van der Waals surface area contributed by atoms with E-state index in [1.54, 1.807) is 14.2 Å². The number of aromatic nitrogens is 2. The van der Waals surface area contributed by atoms with Gasteiger partial charge < -0.3 is 25.4 Å². The highest BCUT2D eigenvalue weighted by Crippen LogP contribution is 2.36. The summed E-state index contributed by atoms with van der Waals surface area (Å²) in [4.78, 5) is 9.73. The number of pyridine rings is 2. The highest BCUT2D eigenvalue weighted by Gasteiger charge is 2.13. The van der Waals surface area contributed by atoms with Gasteiger partial charge >= 0.3 is 0 Å². The Balaban J connectivity index is 0.00000353. The number of nitrogens with one attached hydrogen (secondary N) is 3. The topological polar surface area (TPSA) is 80.3 Å². The molecule has 3 N–H and O–H groups in total. The van der Waals surface area contributed by atoms with Crippen molar-refractivity contribution in [1.82, 2.24) is 15.3 Å². The first kappa shape index (κ1) is 29.2. The number of hydrogen-bond donors (Lipinski definition) is 3. The van der Waals surface area contributed by atoms with Crippen molar-refractivity contribution < 1.29 is 9.47 Å². The van der Waals surface area contributed by atoms with E-state index in [-0.39, 0.29) is 12.4 Å². The summed E-state index contributed by atoms with van der Waals surface area (Å²) in [6, 6.07) is 28.7. The van der Waals surface area contributed by atoms with Crippen molar-refractivity contribution in [3.05, 3.63) is 84.9 Å². The predicted molar refractivity (Wildman–Crippen MR) is 178 cm³/mol. The minimum atomic E-state index is 0. The predicted octanol–water partition coefficient (Wildman–Crippen LogP) is 7.42. The third-order valence-corrected chi connectivity index (χ3v) is 7.45. The molecular formula is C34H36ClN5O2. The van der Waals surface area contributed by atoms with E-state index in [0.29, 0.717) is 0 Å². The summed E-state index contributed by atoms with van der Waals surface area (Å²) >= 11 is 0. The van der Waals surface area contributed by atoms with Crippen molar-refractivity contribution in [2.75, 3.05) is 51.0 Å². The molecule has 8 heteroatoms. The molecule has 0 saturated carbocycles. The van der Waals surface area contributed by atoms with Gasteiger partial charge in [0, 0.05) is 34.6 Å². The van der Waals surface area contributed by atoms with Crippen molar-refractivity contribution in [2.24, 2.45) is 0 Å². The smallest absolute Gasteiger partial charge is 0.145 e. The van der Waals surface area contributed by atoms with Gasteiger partial charge in [0.25, 0.3) is 0 Å². The van der Waals surface area contributed by atoms with E-state index in [2.05, 4.69) is 64.5 Å². The zero-order valence-corrected chi connectivity index (χ0v) is 24.8. The Labute approximate surface area is 252 Å². The second kappa shape index (κ2) is 13.6. The Kier molecular flexibility index (Phi) is 9.41. The number of hydrogen-bond acceptors (Lipinski definition) is 7. The summed E-state index contributed by atoms with van der Waals surface area (Å²) in [5, 5.41) is 15.4. The summed E-state index contributed by atoms with van der Waals surface area (Å²) in [6.45, 7) is 3.61. The lowest BCUT2D eigenvalue weighted by atomic mass is 10.1. The van der Waals surface area contributed by atoms with Crippen molar-refractivity contribution in [1.29, 1.82) is 0 Å². The van der Waals surface area contributed by atoms with Gasteiger partial charge in [0.05, 0.1) is 36.6 Å². The van der Waals surface area contributed by atoms with Crippen LogP contribution in [0.4, 0.5) is 11.4 Å². The normalized spacial score (nSPS) is 11.1. The van der Waals surface area contributed by atoms with E-state index in [1.165, 1.54) is 0 Å². The fraction of sp³-hybridized carbons (Fsp3) is 0.235. The molecular weight excluding hydrogens is 546 g/mol. The Morgan fingerprint density at radius 2 is 0.952 bits per heavy atom. The number of para-hydroxylation sites is 4. The largest absolute Gasteiger partial charge is 0.494 e. The van der Waals surface area contributed by atoms with Gasteiger partial charge in [0.1, 0.15) is 22.5 Å². The number of anilines is 2. The van der Waals surface area contributed by atoms with Gasteiger partial charge in [-0.1, -0.05) is 60.7 Å². The van der Waals surface area contributed by atoms with Crippen LogP contribution in [0.15, 0.2) is 84.9 Å². The van der Waals surface area contributed by atoms with Crippen molar-refractivity contribution >= 4 is 67.4 Å². The SMILES string of the molecule is COc1cccc2c(NCCCNCCCNc3c4ccccc4nc4c(OC)cccc34)c3ccccc3nc12.Cl. The molecule has 0 aliphatic carbocycles. The Morgan fingerprint density at radius 3 is 1.40 bits per heavy atom. The van der Waals surface area contributed by atoms with Crippen molar-refractivity contribution in [3.8, 4) is 11.5 Å². The van der Waals surface area contributed by atoms with Gasteiger partial charge in [-0.3, -0.25) is 0 Å². The van der Waals surface area contributed by atoms with E-state index in [1.807, 2.05) is 36.4 Å².